The summed E-state index contributed by atoms with van der Waals surface area (Å²) >= 11 is 0. The number of carbonyl (C=O) groups is 3. The van der Waals surface area contributed by atoms with Crippen molar-refractivity contribution in [3.63, 3.8) is 0 Å². The van der Waals surface area contributed by atoms with Crippen LogP contribution in [0, 0.1) is 11.8 Å². The first kappa shape index (κ1) is 29.7. The number of nitrogens with one attached hydrogen (secondary N) is 1. The number of rotatable bonds is 9. The van der Waals surface area contributed by atoms with Crippen molar-refractivity contribution in [1.29, 1.82) is 0 Å². The molecule has 2 rings (SSSR count). The predicted molar refractivity (Wildman–Crippen MR) is 137 cm³/mol. The standard InChI is InChI=1S/C25H30N2O7.BrH/c1-13(2)22(26)24(32)27-23(14(3)4)25(33)34-17-8-5-15(21(31)12-17)6-9-19(29)18-11-16(28)7-10-20(18)30;/h5-14,22-23,28,30-31H,26H2,1-4H3,(H,27,32);1H/b9-6+;/t22?,23-;/m0./s1. The van der Waals surface area contributed by atoms with E-state index in [1.54, 1.807) is 27.7 Å². The van der Waals surface area contributed by atoms with Crippen LogP contribution in [0.3, 0.4) is 0 Å². The third-order valence-corrected chi connectivity index (χ3v) is 5.12. The summed E-state index contributed by atoms with van der Waals surface area (Å²) in [6.45, 7) is 7.09. The molecule has 0 aliphatic carbocycles. The minimum atomic E-state index is -0.938. The predicted octanol–water partition coefficient (Wildman–Crippen LogP) is 3.31. The van der Waals surface area contributed by atoms with Gasteiger partial charge in [0.05, 0.1) is 11.6 Å². The molecule has 1 unspecified atom stereocenters. The lowest BCUT2D eigenvalue weighted by Gasteiger charge is -2.23. The first-order chi connectivity index (χ1) is 15.9. The van der Waals surface area contributed by atoms with Crippen LogP contribution in [0.25, 0.3) is 6.08 Å². The van der Waals surface area contributed by atoms with Crippen molar-refractivity contribution in [2.75, 3.05) is 0 Å². The second-order valence-electron chi connectivity index (χ2n) is 8.54. The Labute approximate surface area is 214 Å². The van der Waals surface area contributed by atoms with Crippen LogP contribution in [-0.4, -0.2) is 45.1 Å². The Morgan fingerprint density at radius 3 is 2.17 bits per heavy atom. The quantitative estimate of drug-likeness (QED) is 0.104. The summed E-state index contributed by atoms with van der Waals surface area (Å²) in [7, 11) is 0. The smallest absolute Gasteiger partial charge is 0.334 e. The molecule has 1 amide bonds. The van der Waals surface area contributed by atoms with Crippen LogP contribution in [0.1, 0.15) is 43.6 Å². The van der Waals surface area contributed by atoms with Crippen LogP contribution in [-0.2, 0) is 9.59 Å². The highest BCUT2D eigenvalue weighted by molar-refractivity contribution is 8.93. The Bertz CT molecular complexity index is 1100. The number of ketones is 1. The molecular weight excluding hydrogens is 520 g/mol. The lowest BCUT2D eigenvalue weighted by Crippen LogP contribution is -2.53. The van der Waals surface area contributed by atoms with E-state index in [9.17, 15) is 29.7 Å². The summed E-state index contributed by atoms with van der Waals surface area (Å²) in [5, 5.41) is 32.2. The van der Waals surface area contributed by atoms with Crippen LogP contribution in [0.2, 0.25) is 0 Å². The SMILES string of the molecule is Br.CC(C)C(N)C(=O)N[C@H](C(=O)Oc1ccc(/C=C/C(=O)c2cc(O)ccc2O)c(O)c1)C(C)C. The Balaban J connectivity index is 0.00000612. The maximum atomic E-state index is 12.6. The largest absolute Gasteiger partial charge is 0.508 e. The van der Waals surface area contributed by atoms with E-state index in [4.69, 9.17) is 10.5 Å². The number of esters is 1. The van der Waals surface area contributed by atoms with Crippen molar-refractivity contribution in [2.45, 2.75) is 39.8 Å². The van der Waals surface area contributed by atoms with Crippen molar-refractivity contribution in [2.24, 2.45) is 17.6 Å². The van der Waals surface area contributed by atoms with E-state index >= 15 is 0 Å². The van der Waals surface area contributed by atoms with Gasteiger partial charge in [0.1, 0.15) is 29.0 Å². The molecule has 0 aliphatic rings. The van der Waals surface area contributed by atoms with Crippen molar-refractivity contribution in [3.05, 3.63) is 53.6 Å². The summed E-state index contributed by atoms with van der Waals surface area (Å²) in [5.41, 5.74) is 6.00. The summed E-state index contributed by atoms with van der Waals surface area (Å²) in [6, 6.07) is 5.92. The number of benzene rings is 2. The first-order valence-electron chi connectivity index (χ1n) is 10.8. The van der Waals surface area contributed by atoms with Gasteiger partial charge in [-0.25, -0.2) is 4.79 Å². The number of aromatic hydroxyl groups is 3. The van der Waals surface area contributed by atoms with E-state index in [0.29, 0.717) is 0 Å². The molecular formula is C25H31BrN2O7. The molecule has 10 heteroatoms. The van der Waals surface area contributed by atoms with Gasteiger partial charge in [-0.05, 0) is 54.3 Å². The molecule has 0 fully saturated rings. The summed E-state index contributed by atoms with van der Waals surface area (Å²) in [6.07, 6.45) is 2.44. The molecule has 0 saturated heterocycles. The van der Waals surface area contributed by atoms with Crippen LogP contribution in [0.4, 0.5) is 0 Å². The number of hydrogen-bond donors (Lipinski definition) is 5. The van der Waals surface area contributed by atoms with Gasteiger partial charge in [0.2, 0.25) is 5.91 Å². The van der Waals surface area contributed by atoms with E-state index in [1.165, 1.54) is 36.4 Å². The first-order valence-corrected chi connectivity index (χ1v) is 10.8. The van der Waals surface area contributed by atoms with E-state index in [0.717, 1.165) is 12.1 Å². The lowest BCUT2D eigenvalue weighted by molar-refractivity contribution is -0.141. The summed E-state index contributed by atoms with van der Waals surface area (Å²) in [5.74, 6) is -2.82. The van der Waals surface area contributed by atoms with E-state index in [1.807, 2.05) is 0 Å². The van der Waals surface area contributed by atoms with E-state index in [2.05, 4.69) is 5.32 Å². The molecule has 9 nitrogen and oxygen atoms in total. The van der Waals surface area contributed by atoms with Gasteiger partial charge in [-0.2, -0.15) is 0 Å². The van der Waals surface area contributed by atoms with Crippen molar-refractivity contribution in [1.82, 2.24) is 5.32 Å². The zero-order valence-electron chi connectivity index (χ0n) is 19.9. The molecule has 0 spiro atoms. The maximum absolute atomic E-state index is 12.6. The Hall–Kier alpha value is -3.37. The van der Waals surface area contributed by atoms with Gasteiger partial charge in [-0.3, -0.25) is 9.59 Å². The molecule has 0 aliphatic heterocycles. The molecule has 0 bridgehead atoms. The van der Waals surface area contributed by atoms with E-state index in [-0.39, 0.29) is 62.9 Å². The highest BCUT2D eigenvalue weighted by Gasteiger charge is 2.29. The van der Waals surface area contributed by atoms with Crippen LogP contribution < -0.4 is 15.8 Å². The normalized spacial score (nSPS) is 12.8. The highest BCUT2D eigenvalue weighted by atomic mass is 79.9. The maximum Gasteiger partial charge on any atom is 0.334 e. The molecule has 6 N–H and O–H groups in total. The average molecular weight is 551 g/mol. The second-order valence-corrected chi connectivity index (χ2v) is 8.54. The van der Waals surface area contributed by atoms with Gasteiger partial charge in [0.15, 0.2) is 5.78 Å². The average Bonchev–Trinajstić information content (AvgIpc) is 2.77. The number of phenolic OH excluding ortho intramolecular Hbond substituents is 3. The van der Waals surface area contributed by atoms with Crippen molar-refractivity contribution in [3.8, 4) is 23.0 Å². The minimum Gasteiger partial charge on any atom is -0.508 e. The number of amides is 1. The molecule has 2 aromatic carbocycles. The Kier molecular flexibility index (Phi) is 10.9. The van der Waals surface area contributed by atoms with Gasteiger partial charge >= 0.3 is 5.97 Å². The van der Waals surface area contributed by atoms with Crippen LogP contribution in [0.5, 0.6) is 23.0 Å². The number of phenols is 3. The van der Waals surface area contributed by atoms with Gasteiger partial charge in [0.25, 0.3) is 0 Å². The van der Waals surface area contributed by atoms with Crippen molar-refractivity contribution >= 4 is 40.7 Å². The highest BCUT2D eigenvalue weighted by Crippen LogP contribution is 2.27. The van der Waals surface area contributed by atoms with Crippen LogP contribution in [0.15, 0.2) is 42.5 Å². The number of nitrogens with two attached hydrogens (primary N) is 1. The Morgan fingerprint density at radius 2 is 1.60 bits per heavy atom. The summed E-state index contributed by atoms with van der Waals surface area (Å²) < 4.78 is 5.33. The van der Waals surface area contributed by atoms with Gasteiger partial charge in [-0.15, -0.1) is 17.0 Å². The molecule has 0 heterocycles. The minimum absolute atomic E-state index is 0. The monoisotopic (exact) mass is 550 g/mol. The van der Waals surface area contributed by atoms with E-state index < -0.39 is 29.7 Å². The third-order valence-electron chi connectivity index (χ3n) is 5.12. The fraction of sp³-hybridized carbons (Fsp3) is 0.320. The summed E-state index contributed by atoms with van der Waals surface area (Å²) in [4.78, 5) is 37.2. The molecule has 190 valence electrons. The fourth-order valence-electron chi connectivity index (χ4n) is 2.93. The molecule has 0 radical (unpaired) electrons. The van der Waals surface area contributed by atoms with Crippen molar-refractivity contribution < 1.29 is 34.4 Å². The molecule has 0 saturated carbocycles. The number of ether oxygens (including phenoxy) is 1. The Morgan fingerprint density at radius 1 is 0.943 bits per heavy atom. The zero-order chi connectivity index (χ0) is 25.6. The molecule has 2 atom stereocenters. The number of carbonyl (C=O) groups excluding carboxylic acids is 3. The molecule has 35 heavy (non-hydrogen) atoms. The van der Waals surface area contributed by atoms with Gasteiger partial charge in [-0.1, -0.05) is 27.7 Å². The molecule has 0 aromatic heterocycles. The lowest BCUT2D eigenvalue weighted by atomic mass is 10.0. The fourth-order valence-corrected chi connectivity index (χ4v) is 2.93. The number of allylic oxidation sites excluding steroid dienone is 1. The second kappa shape index (κ2) is 12.9. The number of hydrogen-bond acceptors (Lipinski definition) is 8. The topological polar surface area (TPSA) is 159 Å². The third kappa shape index (κ3) is 8.11. The van der Waals surface area contributed by atoms with Gasteiger partial charge < -0.3 is 31.1 Å². The van der Waals surface area contributed by atoms with Crippen LogP contribution >= 0.6 is 17.0 Å². The zero-order valence-corrected chi connectivity index (χ0v) is 21.6. The molecule has 2 aromatic rings. The van der Waals surface area contributed by atoms with Gasteiger partial charge in [0, 0.05) is 11.6 Å². The number of halogens is 1.